The van der Waals surface area contributed by atoms with Crippen LogP contribution in [-0.4, -0.2) is 8.42 Å². The Morgan fingerprint density at radius 3 is 2.37 bits per heavy atom. The second-order valence-electron chi connectivity index (χ2n) is 3.85. The molecule has 0 saturated carbocycles. The standard InChI is InChI=1S/C13H11BrClNO2S/c14-11-6-2-1-5-10(11)9-16-19(17,18)13-8-4-3-7-12(13)15/h1-8,16H,9H2. The van der Waals surface area contributed by atoms with E-state index in [9.17, 15) is 8.42 Å². The Morgan fingerprint density at radius 1 is 1.05 bits per heavy atom. The van der Waals surface area contributed by atoms with E-state index in [0.29, 0.717) is 0 Å². The van der Waals surface area contributed by atoms with E-state index in [4.69, 9.17) is 11.6 Å². The largest absolute Gasteiger partial charge is 0.242 e. The number of halogens is 2. The van der Waals surface area contributed by atoms with Gasteiger partial charge in [-0.15, -0.1) is 0 Å². The third-order valence-electron chi connectivity index (χ3n) is 2.54. The van der Waals surface area contributed by atoms with Crippen molar-refractivity contribution in [2.24, 2.45) is 0 Å². The minimum absolute atomic E-state index is 0.0868. The van der Waals surface area contributed by atoms with Gasteiger partial charge in [0.15, 0.2) is 0 Å². The summed E-state index contributed by atoms with van der Waals surface area (Å²) in [5.41, 5.74) is 0.859. The minimum Gasteiger partial charge on any atom is -0.207 e. The van der Waals surface area contributed by atoms with Crippen molar-refractivity contribution in [2.75, 3.05) is 0 Å². The molecule has 0 fully saturated rings. The summed E-state index contributed by atoms with van der Waals surface area (Å²) in [6.45, 7) is 0.203. The molecule has 0 radical (unpaired) electrons. The number of hydrogen-bond acceptors (Lipinski definition) is 2. The fourth-order valence-corrected chi connectivity index (χ4v) is 3.50. The molecule has 0 aliphatic carbocycles. The van der Waals surface area contributed by atoms with Gasteiger partial charge in [0.05, 0.1) is 5.02 Å². The highest BCUT2D eigenvalue weighted by molar-refractivity contribution is 9.10. The van der Waals surface area contributed by atoms with Crippen molar-refractivity contribution in [1.29, 1.82) is 0 Å². The molecule has 2 aromatic rings. The molecule has 1 N–H and O–H groups in total. The van der Waals surface area contributed by atoms with Gasteiger partial charge < -0.3 is 0 Å². The Morgan fingerprint density at radius 2 is 1.68 bits per heavy atom. The topological polar surface area (TPSA) is 46.2 Å². The van der Waals surface area contributed by atoms with Crippen LogP contribution in [0.25, 0.3) is 0 Å². The van der Waals surface area contributed by atoms with E-state index >= 15 is 0 Å². The average molecular weight is 361 g/mol. The van der Waals surface area contributed by atoms with Gasteiger partial charge in [-0.05, 0) is 23.8 Å². The Labute approximate surface area is 125 Å². The van der Waals surface area contributed by atoms with Crippen LogP contribution >= 0.6 is 27.5 Å². The van der Waals surface area contributed by atoms with Gasteiger partial charge in [0.2, 0.25) is 10.0 Å². The SMILES string of the molecule is O=S(=O)(NCc1ccccc1Br)c1ccccc1Cl. The quantitative estimate of drug-likeness (QED) is 0.906. The third kappa shape index (κ3) is 3.57. The van der Waals surface area contributed by atoms with Crippen molar-refractivity contribution in [2.45, 2.75) is 11.4 Å². The highest BCUT2D eigenvalue weighted by atomic mass is 79.9. The van der Waals surface area contributed by atoms with Crippen molar-refractivity contribution in [1.82, 2.24) is 4.72 Å². The summed E-state index contributed by atoms with van der Waals surface area (Å²) in [6.07, 6.45) is 0. The second-order valence-corrected chi connectivity index (χ2v) is 6.84. The first kappa shape index (κ1) is 14.5. The monoisotopic (exact) mass is 359 g/mol. The molecular weight excluding hydrogens is 350 g/mol. The average Bonchev–Trinajstić information content (AvgIpc) is 2.38. The lowest BCUT2D eigenvalue weighted by molar-refractivity contribution is 0.581. The van der Waals surface area contributed by atoms with Crippen molar-refractivity contribution < 1.29 is 8.42 Å². The lowest BCUT2D eigenvalue weighted by Crippen LogP contribution is -2.23. The van der Waals surface area contributed by atoms with Gasteiger partial charge in [0, 0.05) is 11.0 Å². The Bertz CT molecular complexity index is 689. The molecule has 2 rings (SSSR count). The van der Waals surface area contributed by atoms with Crippen LogP contribution < -0.4 is 4.72 Å². The molecule has 100 valence electrons. The van der Waals surface area contributed by atoms with E-state index in [0.717, 1.165) is 10.0 Å². The third-order valence-corrected chi connectivity index (χ3v) is 5.21. The zero-order valence-corrected chi connectivity index (χ0v) is 13.0. The summed E-state index contributed by atoms with van der Waals surface area (Å²) in [4.78, 5) is 0.0868. The lowest BCUT2D eigenvalue weighted by Gasteiger charge is -2.09. The van der Waals surface area contributed by atoms with Crippen LogP contribution in [0.3, 0.4) is 0 Å². The maximum absolute atomic E-state index is 12.1. The maximum atomic E-state index is 12.1. The van der Waals surface area contributed by atoms with Crippen LogP contribution in [0.2, 0.25) is 5.02 Å². The molecule has 0 aliphatic heterocycles. The highest BCUT2D eigenvalue weighted by Gasteiger charge is 2.17. The number of rotatable bonds is 4. The zero-order valence-electron chi connectivity index (χ0n) is 9.81. The van der Waals surface area contributed by atoms with Crippen LogP contribution in [0.15, 0.2) is 57.9 Å². The predicted octanol–water partition coefficient (Wildman–Crippen LogP) is 3.58. The zero-order chi connectivity index (χ0) is 13.9. The second kappa shape index (κ2) is 6.05. The number of sulfonamides is 1. The van der Waals surface area contributed by atoms with Gasteiger partial charge in [-0.3, -0.25) is 0 Å². The molecular formula is C13H11BrClNO2S. The maximum Gasteiger partial charge on any atom is 0.242 e. The van der Waals surface area contributed by atoms with E-state index in [1.165, 1.54) is 6.07 Å². The molecule has 0 amide bonds. The van der Waals surface area contributed by atoms with Gasteiger partial charge in [-0.2, -0.15) is 0 Å². The van der Waals surface area contributed by atoms with Crippen LogP contribution in [0.4, 0.5) is 0 Å². The van der Waals surface area contributed by atoms with Crippen LogP contribution in [0.1, 0.15) is 5.56 Å². The molecule has 0 aromatic heterocycles. The Balaban J connectivity index is 2.20. The predicted molar refractivity (Wildman–Crippen MR) is 79.6 cm³/mol. The van der Waals surface area contributed by atoms with E-state index in [1.54, 1.807) is 18.2 Å². The van der Waals surface area contributed by atoms with Crippen molar-refractivity contribution in [3.05, 3.63) is 63.6 Å². The van der Waals surface area contributed by atoms with Crippen LogP contribution in [-0.2, 0) is 16.6 Å². The van der Waals surface area contributed by atoms with Gasteiger partial charge >= 0.3 is 0 Å². The smallest absolute Gasteiger partial charge is 0.207 e. The molecule has 0 saturated heterocycles. The first-order valence-corrected chi connectivity index (χ1v) is 8.14. The summed E-state index contributed by atoms with van der Waals surface area (Å²) in [6, 6.07) is 13.8. The molecule has 0 spiro atoms. The molecule has 2 aromatic carbocycles. The molecule has 0 unspecified atom stereocenters. The van der Waals surface area contributed by atoms with E-state index in [-0.39, 0.29) is 16.5 Å². The van der Waals surface area contributed by atoms with Crippen molar-refractivity contribution >= 4 is 37.6 Å². The van der Waals surface area contributed by atoms with Crippen LogP contribution in [0, 0.1) is 0 Å². The van der Waals surface area contributed by atoms with Gasteiger partial charge in [-0.25, -0.2) is 13.1 Å². The summed E-state index contributed by atoms with van der Waals surface area (Å²) >= 11 is 9.27. The number of nitrogens with one attached hydrogen (secondary N) is 1. The lowest BCUT2D eigenvalue weighted by atomic mass is 10.2. The molecule has 6 heteroatoms. The minimum atomic E-state index is -3.61. The van der Waals surface area contributed by atoms with E-state index in [1.807, 2.05) is 24.3 Å². The molecule has 3 nitrogen and oxygen atoms in total. The first-order valence-electron chi connectivity index (χ1n) is 5.48. The fraction of sp³-hybridized carbons (Fsp3) is 0.0769. The molecule has 0 heterocycles. The van der Waals surface area contributed by atoms with Crippen LogP contribution in [0.5, 0.6) is 0 Å². The summed E-state index contributed by atoms with van der Waals surface area (Å²) in [5.74, 6) is 0. The normalized spacial score (nSPS) is 11.5. The fourth-order valence-electron chi connectivity index (χ4n) is 1.55. The van der Waals surface area contributed by atoms with Gasteiger partial charge in [0.1, 0.15) is 4.90 Å². The Kier molecular flexibility index (Phi) is 4.62. The van der Waals surface area contributed by atoms with E-state index < -0.39 is 10.0 Å². The molecule has 0 aliphatic rings. The summed E-state index contributed by atoms with van der Waals surface area (Å²) in [5, 5.41) is 0.210. The van der Waals surface area contributed by atoms with Gasteiger partial charge in [-0.1, -0.05) is 57.9 Å². The molecule has 0 bridgehead atoms. The van der Waals surface area contributed by atoms with E-state index in [2.05, 4.69) is 20.7 Å². The highest BCUT2D eigenvalue weighted by Crippen LogP contribution is 2.21. The Hall–Kier alpha value is -0.880. The number of hydrogen-bond donors (Lipinski definition) is 1. The number of benzene rings is 2. The summed E-state index contributed by atoms with van der Waals surface area (Å²) < 4.78 is 27.6. The summed E-state index contributed by atoms with van der Waals surface area (Å²) in [7, 11) is -3.61. The van der Waals surface area contributed by atoms with Gasteiger partial charge in [0.25, 0.3) is 0 Å². The molecule has 0 atom stereocenters. The molecule has 19 heavy (non-hydrogen) atoms. The first-order chi connectivity index (χ1) is 9.00. The van der Waals surface area contributed by atoms with Crippen molar-refractivity contribution in [3.63, 3.8) is 0 Å². The van der Waals surface area contributed by atoms with Crippen molar-refractivity contribution in [3.8, 4) is 0 Å².